The fraction of sp³-hybridized carbons (Fsp3) is 0. The molecule has 0 saturated heterocycles. The number of benzene rings is 8. The van der Waals surface area contributed by atoms with E-state index in [2.05, 4.69) is 204 Å². The Labute approximate surface area is 280 Å². The molecule has 226 valence electrons. The van der Waals surface area contributed by atoms with Crippen molar-refractivity contribution in [2.45, 2.75) is 0 Å². The molecular formula is C46H32N2. The van der Waals surface area contributed by atoms with Gasteiger partial charge in [0.1, 0.15) is 0 Å². The molecule has 0 atom stereocenters. The summed E-state index contributed by atoms with van der Waals surface area (Å²) in [6.45, 7) is 0. The molecule has 0 spiro atoms. The van der Waals surface area contributed by atoms with Crippen LogP contribution in [-0.2, 0) is 0 Å². The molecule has 0 fully saturated rings. The highest BCUT2D eigenvalue weighted by Gasteiger charge is 2.20. The maximum Gasteiger partial charge on any atom is 0.0562 e. The van der Waals surface area contributed by atoms with Crippen molar-refractivity contribution in [1.29, 1.82) is 0 Å². The van der Waals surface area contributed by atoms with Crippen molar-refractivity contribution in [1.82, 2.24) is 4.57 Å². The zero-order chi connectivity index (χ0) is 31.9. The second-order valence-electron chi connectivity index (χ2n) is 12.2. The van der Waals surface area contributed by atoms with Gasteiger partial charge in [-0.1, -0.05) is 133 Å². The van der Waals surface area contributed by atoms with E-state index in [0.717, 1.165) is 22.7 Å². The molecule has 2 nitrogen and oxygen atoms in total. The van der Waals surface area contributed by atoms with Gasteiger partial charge in [0, 0.05) is 33.5 Å². The van der Waals surface area contributed by atoms with E-state index >= 15 is 0 Å². The first-order valence-corrected chi connectivity index (χ1v) is 16.4. The van der Waals surface area contributed by atoms with Crippen molar-refractivity contribution in [3.8, 4) is 27.9 Å². The van der Waals surface area contributed by atoms with Gasteiger partial charge in [0.2, 0.25) is 0 Å². The quantitative estimate of drug-likeness (QED) is 0.181. The highest BCUT2D eigenvalue weighted by atomic mass is 15.1. The molecule has 0 bridgehead atoms. The van der Waals surface area contributed by atoms with Crippen LogP contribution >= 0.6 is 0 Å². The Hall–Kier alpha value is -6.38. The molecule has 1 heterocycles. The lowest BCUT2D eigenvalue weighted by Gasteiger charge is -2.26. The van der Waals surface area contributed by atoms with Crippen LogP contribution < -0.4 is 4.90 Å². The molecule has 9 rings (SSSR count). The summed E-state index contributed by atoms with van der Waals surface area (Å²) in [4.78, 5) is 2.36. The lowest BCUT2D eigenvalue weighted by atomic mass is 9.96. The van der Waals surface area contributed by atoms with Gasteiger partial charge in [-0.25, -0.2) is 0 Å². The van der Waals surface area contributed by atoms with Gasteiger partial charge in [0.05, 0.1) is 11.0 Å². The Morgan fingerprint density at radius 2 is 0.979 bits per heavy atom. The summed E-state index contributed by atoms with van der Waals surface area (Å²) in [6, 6.07) is 69.9. The monoisotopic (exact) mass is 612 g/mol. The number of rotatable bonds is 6. The molecule has 9 aromatic rings. The molecule has 0 aliphatic heterocycles. The van der Waals surface area contributed by atoms with Crippen LogP contribution in [0.4, 0.5) is 17.1 Å². The highest BCUT2D eigenvalue weighted by Crippen LogP contribution is 2.43. The van der Waals surface area contributed by atoms with Crippen molar-refractivity contribution >= 4 is 49.6 Å². The van der Waals surface area contributed by atoms with E-state index in [1.807, 2.05) is 0 Å². The third-order valence-corrected chi connectivity index (χ3v) is 9.33. The predicted molar refractivity (Wildman–Crippen MR) is 204 cm³/mol. The summed E-state index contributed by atoms with van der Waals surface area (Å²) in [5.74, 6) is 0. The summed E-state index contributed by atoms with van der Waals surface area (Å²) in [7, 11) is 0. The topological polar surface area (TPSA) is 8.17 Å². The Bertz CT molecular complexity index is 2550. The maximum atomic E-state index is 2.42. The summed E-state index contributed by atoms with van der Waals surface area (Å²) in [5, 5.41) is 4.94. The molecule has 2 heteroatoms. The Morgan fingerprint density at radius 1 is 0.354 bits per heavy atom. The van der Waals surface area contributed by atoms with Crippen LogP contribution in [0.5, 0.6) is 0 Å². The molecule has 0 N–H and O–H groups in total. The van der Waals surface area contributed by atoms with E-state index in [4.69, 9.17) is 0 Å². The van der Waals surface area contributed by atoms with Gasteiger partial charge in [-0.2, -0.15) is 0 Å². The van der Waals surface area contributed by atoms with Crippen LogP contribution in [0.15, 0.2) is 194 Å². The van der Waals surface area contributed by atoms with E-state index in [1.165, 1.54) is 54.8 Å². The molecule has 0 amide bonds. The van der Waals surface area contributed by atoms with Crippen molar-refractivity contribution < 1.29 is 0 Å². The predicted octanol–water partition coefficient (Wildman–Crippen LogP) is 12.7. The molecule has 8 aromatic carbocycles. The Kier molecular flexibility index (Phi) is 6.84. The van der Waals surface area contributed by atoms with Gasteiger partial charge in [0.25, 0.3) is 0 Å². The number of nitrogens with zero attached hydrogens (tertiary/aromatic N) is 2. The van der Waals surface area contributed by atoms with E-state index in [9.17, 15) is 0 Å². The van der Waals surface area contributed by atoms with Gasteiger partial charge in [0.15, 0.2) is 0 Å². The molecule has 0 unspecified atom stereocenters. The van der Waals surface area contributed by atoms with E-state index in [1.54, 1.807) is 0 Å². The molecule has 0 radical (unpaired) electrons. The first-order valence-electron chi connectivity index (χ1n) is 16.4. The number of hydrogen-bond donors (Lipinski definition) is 0. The van der Waals surface area contributed by atoms with Gasteiger partial charge < -0.3 is 9.47 Å². The highest BCUT2D eigenvalue weighted by molar-refractivity contribution is 6.16. The number of aromatic nitrogens is 1. The standard InChI is InChI=1S/C46H32N2/c1-4-14-33(15-5-1)35-18-12-19-37(30-35)42-24-13-25-44-46(42)43-29-28-41(32-45(43)48(44)39-22-8-3-9-23-39)47(38-20-6-2-7-21-38)40-27-26-34-16-10-11-17-36(34)31-40/h1-32H. The number of hydrogen-bond acceptors (Lipinski definition) is 1. The van der Waals surface area contributed by atoms with Crippen molar-refractivity contribution in [3.63, 3.8) is 0 Å². The number of para-hydroxylation sites is 2. The Morgan fingerprint density at radius 3 is 1.79 bits per heavy atom. The summed E-state index contributed by atoms with van der Waals surface area (Å²) in [6.07, 6.45) is 0. The summed E-state index contributed by atoms with van der Waals surface area (Å²) in [5.41, 5.74) is 11.7. The molecule has 48 heavy (non-hydrogen) atoms. The first kappa shape index (κ1) is 27.9. The molecule has 1 aromatic heterocycles. The number of anilines is 3. The third-order valence-electron chi connectivity index (χ3n) is 9.33. The van der Waals surface area contributed by atoms with Crippen LogP contribution in [-0.4, -0.2) is 4.57 Å². The fourth-order valence-corrected chi connectivity index (χ4v) is 7.13. The van der Waals surface area contributed by atoms with Crippen LogP contribution in [0.3, 0.4) is 0 Å². The largest absolute Gasteiger partial charge is 0.310 e. The minimum Gasteiger partial charge on any atom is -0.310 e. The molecule has 0 saturated carbocycles. The zero-order valence-electron chi connectivity index (χ0n) is 26.4. The van der Waals surface area contributed by atoms with Gasteiger partial charge in [-0.3, -0.25) is 0 Å². The molecule has 0 aliphatic carbocycles. The summed E-state index contributed by atoms with van der Waals surface area (Å²) >= 11 is 0. The second-order valence-corrected chi connectivity index (χ2v) is 12.2. The third kappa shape index (κ3) is 4.83. The lowest BCUT2D eigenvalue weighted by molar-refractivity contribution is 1.18. The minimum absolute atomic E-state index is 1.11. The maximum absolute atomic E-state index is 2.42. The molecular weight excluding hydrogens is 581 g/mol. The average molecular weight is 613 g/mol. The van der Waals surface area contributed by atoms with Crippen molar-refractivity contribution in [3.05, 3.63) is 194 Å². The van der Waals surface area contributed by atoms with Gasteiger partial charge in [-0.15, -0.1) is 0 Å². The fourth-order valence-electron chi connectivity index (χ4n) is 7.13. The van der Waals surface area contributed by atoms with Gasteiger partial charge in [-0.05, 0) is 93.7 Å². The van der Waals surface area contributed by atoms with Crippen molar-refractivity contribution in [2.75, 3.05) is 4.90 Å². The van der Waals surface area contributed by atoms with Crippen LogP contribution in [0.1, 0.15) is 0 Å². The normalized spacial score (nSPS) is 11.3. The number of fused-ring (bicyclic) bond motifs is 4. The Balaban J connectivity index is 1.30. The second kappa shape index (κ2) is 11.8. The van der Waals surface area contributed by atoms with Crippen LogP contribution in [0, 0.1) is 0 Å². The van der Waals surface area contributed by atoms with E-state index in [0.29, 0.717) is 0 Å². The zero-order valence-corrected chi connectivity index (χ0v) is 26.4. The van der Waals surface area contributed by atoms with E-state index in [-0.39, 0.29) is 0 Å². The molecule has 0 aliphatic rings. The van der Waals surface area contributed by atoms with Crippen LogP contribution in [0.25, 0.3) is 60.5 Å². The van der Waals surface area contributed by atoms with Crippen molar-refractivity contribution in [2.24, 2.45) is 0 Å². The van der Waals surface area contributed by atoms with Gasteiger partial charge >= 0.3 is 0 Å². The average Bonchev–Trinajstić information content (AvgIpc) is 3.50. The smallest absolute Gasteiger partial charge is 0.0562 e. The summed E-state index contributed by atoms with van der Waals surface area (Å²) < 4.78 is 2.42. The first-order chi connectivity index (χ1) is 23.8. The lowest BCUT2D eigenvalue weighted by Crippen LogP contribution is -2.10. The van der Waals surface area contributed by atoms with E-state index < -0.39 is 0 Å². The SMILES string of the molecule is c1ccc(-c2cccc(-c3cccc4c3c3ccc(N(c5ccccc5)c5ccc6ccccc6c5)cc3n4-c3ccccc3)c2)cc1. The minimum atomic E-state index is 1.11. The van der Waals surface area contributed by atoms with Crippen LogP contribution in [0.2, 0.25) is 0 Å².